The number of hydrogen-bond acceptors (Lipinski definition) is 4. The second-order valence-electron chi connectivity index (χ2n) is 10.5. The van der Waals surface area contributed by atoms with E-state index in [0.717, 1.165) is 31.5 Å². The van der Waals surface area contributed by atoms with E-state index >= 15 is 0 Å². The van der Waals surface area contributed by atoms with Crippen LogP contribution in [0.4, 0.5) is 13.2 Å². The Morgan fingerprint density at radius 1 is 1.22 bits per heavy atom. The second kappa shape index (κ2) is 9.95. The molecule has 196 valence electrons. The van der Waals surface area contributed by atoms with Crippen LogP contribution in [0.5, 0.6) is 0 Å². The monoisotopic (exact) mass is 512 g/mol. The summed E-state index contributed by atoms with van der Waals surface area (Å²) in [6.07, 6.45) is 3.21. The Morgan fingerprint density at radius 2 is 2.03 bits per heavy atom. The number of carbonyl (C=O) groups is 2. The first-order valence-electron chi connectivity index (χ1n) is 13.0. The van der Waals surface area contributed by atoms with Gasteiger partial charge in [0.15, 0.2) is 0 Å². The van der Waals surface area contributed by atoms with Crippen molar-refractivity contribution in [3.05, 3.63) is 59.9 Å². The van der Waals surface area contributed by atoms with Crippen LogP contribution in [0.3, 0.4) is 0 Å². The zero-order valence-electron chi connectivity index (χ0n) is 20.9. The molecule has 0 N–H and O–H groups in total. The van der Waals surface area contributed by atoms with Gasteiger partial charge < -0.3 is 9.64 Å². The first kappa shape index (κ1) is 25.5. The minimum atomic E-state index is -4.40. The Morgan fingerprint density at radius 3 is 2.73 bits per heavy atom. The third-order valence-electron chi connectivity index (χ3n) is 8.35. The van der Waals surface area contributed by atoms with E-state index in [2.05, 4.69) is 11.1 Å². The number of pyridine rings is 1. The van der Waals surface area contributed by atoms with Gasteiger partial charge in [-0.2, -0.15) is 13.2 Å². The molecule has 6 atom stereocenters. The maximum atomic E-state index is 13.1. The minimum Gasteiger partial charge on any atom is -0.462 e. The highest BCUT2D eigenvalue weighted by Gasteiger charge is 2.54. The van der Waals surface area contributed by atoms with Crippen molar-refractivity contribution in [2.45, 2.75) is 45.4 Å². The summed E-state index contributed by atoms with van der Waals surface area (Å²) in [5, 5.41) is 0. The van der Waals surface area contributed by atoms with Crippen molar-refractivity contribution in [2.75, 3.05) is 13.1 Å². The van der Waals surface area contributed by atoms with Crippen LogP contribution in [0.1, 0.15) is 44.4 Å². The molecule has 1 amide bonds. The Bertz CT molecular complexity index is 1190. The van der Waals surface area contributed by atoms with Crippen LogP contribution >= 0.6 is 0 Å². The number of alkyl halides is 3. The zero-order chi connectivity index (χ0) is 26.3. The molecule has 1 saturated carbocycles. The number of esters is 1. The number of ether oxygens (including phenoxy) is 1. The third-order valence-corrected chi connectivity index (χ3v) is 8.35. The van der Waals surface area contributed by atoms with E-state index in [1.54, 1.807) is 24.4 Å². The number of benzene rings is 1. The molecule has 2 saturated heterocycles. The van der Waals surface area contributed by atoms with E-state index in [9.17, 15) is 22.8 Å². The molecule has 0 radical (unpaired) electrons. The molecule has 1 aliphatic carbocycles. The average molecular weight is 513 g/mol. The molecular formula is C29H31F3N2O3. The molecule has 8 heteroatoms. The highest BCUT2D eigenvalue weighted by atomic mass is 19.4. The standard InChI is InChI=1S/C29H31F3N2O3/c1-3-26(35)34-12-11-23-20(16-34)14-25-27(17(2)37-28(25)36)24(23)10-9-22-8-7-19(15-33-22)18-5-4-6-21(13-18)29(30,31)32/h4-10,13,15,17,20,23-25,27H,3,11-12,14,16H2,1-2H3/b10-9+/t17-,20?,23?,24?,25?,27?/m1/s1. The molecule has 1 aromatic heterocycles. The largest absolute Gasteiger partial charge is 0.462 e. The lowest BCUT2D eigenvalue weighted by atomic mass is 9.59. The first-order chi connectivity index (χ1) is 17.7. The fraction of sp³-hybridized carbons (Fsp3) is 0.483. The number of carbonyl (C=O) groups excluding carboxylic acids is 2. The Kier molecular flexibility index (Phi) is 6.86. The van der Waals surface area contributed by atoms with Crippen molar-refractivity contribution in [2.24, 2.45) is 29.6 Å². The van der Waals surface area contributed by atoms with E-state index in [-0.39, 0.29) is 41.7 Å². The van der Waals surface area contributed by atoms with Crippen molar-refractivity contribution >= 4 is 18.0 Å². The van der Waals surface area contributed by atoms with Gasteiger partial charge in [0.25, 0.3) is 0 Å². The second-order valence-corrected chi connectivity index (χ2v) is 10.5. The molecule has 3 heterocycles. The number of halogens is 3. The Hall–Kier alpha value is -3.16. The van der Waals surface area contributed by atoms with Gasteiger partial charge in [0.2, 0.25) is 5.91 Å². The van der Waals surface area contributed by atoms with Gasteiger partial charge >= 0.3 is 12.1 Å². The lowest BCUT2D eigenvalue weighted by Crippen LogP contribution is -2.51. The van der Waals surface area contributed by atoms with E-state index in [4.69, 9.17) is 4.74 Å². The lowest BCUT2D eigenvalue weighted by Gasteiger charge is -2.48. The predicted octanol–water partition coefficient (Wildman–Crippen LogP) is 5.85. The van der Waals surface area contributed by atoms with E-state index < -0.39 is 11.7 Å². The number of piperidine rings is 1. The highest BCUT2D eigenvalue weighted by Crippen LogP contribution is 2.51. The van der Waals surface area contributed by atoms with Gasteiger partial charge in [-0.15, -0.1) is 0 Å². The Balaban J connectivity index is 1.37. The number of fused-ring (bicyclic) bond motifs is 2. The maximum Gasteiger partial charge on any atom is 0.416 e. The lowest BCUT2D eigenvalue weighted by molar-refractivity contribution is -0.144. The summed E-state index contributed by atoms with van der Waals surface area (Å²) in [5.41, 5.74) is 1.08. The van der Waals surface area contributed by atoms with Crippen molar-refractivity contribution in [3.63, 3.8) is 0 Å². The summed E-state index contributed by atoms with van der Waals surface area (Å²) in [4.78, 5) is 31.4. The van der Waals surface area contributed by atoms with Gasteiger partial charge in [-0.1, -0.05) is 31.2 Å². The van der Waals surface area contributed by atoms with Crippen molar-refractivity contribution in [1.82, 2.24) is 9.88 Å². The molecule has 0 bridgehead atoms. The van der Waals surface area contributed by atoms with Crippen molar-refractivity contribution < 1.29 is 27.5 Å². The number of likely N-dealkylation sites (tertiary alicyclic amines) is 1. The van der Waals surface area contributed by atoms with E-state index in [1.165, 1.54) is 6.07 Å². The van der Waals surface area contributed by atoms with E-state index in [0.29, 0.717) is 35.7 Å². The molecule has 5 unspecified atom stereocenters. The van der Waals surface area contributed by atoms with Gasteiger partial charge in [-0.3, -0.25) is 14.6 Å². The minimum absolute atomic E-state index is 0.0859. The molecule has 2 aliphatic heterocycles. The van der Waals surface area contributed by atoms with Gasteiger partial charge in [0.1, 0.15) is 6.10 Å². The quantitative estimate of drug-likeness (QED) is 0.482. The van der Waals surface area contributed by atoms with Crippen LogP contribution in [0.25, 0.3) is 17.2 Å². The van der Waals surface area contributed by atoms with Crippen LogP contribution in [0.15, 0.2) is 48.7 Å². The number of hydrogen-bond donors (Lipinski definition) is 0. The smallest absolute Gasteiger partial charge is 0.416 e. The van der Waals surface area contributed by atoms with Crippen LogP contribution in [0.2, 0.25) is 0 Å². The maximum absolute atomic E-state index is 13.1. The number of nitrogens with zero attached hydrogens (tertiary/aromatic N) is 2. The van der Waals surface area contributed by atoms with Crippen molar-refractivity contribution in [1.29, 1.82) is 0 Å². The van der Waals surface area contributed by atoms with E-state index in [1.807, 2.05) is 24.8 Å². The van der Waals surface area contributed by atoms with Crippen LogP contribution in [0, 0.1) is 29.6 Å². The summed E-state index contributed by atoms with van der Waals surface area (Å²) in [5.74, 6) is 0.640. The molecular weight excluding hydrogens is 481 g/mol. The SMILES string of the molecule is CCC(=O)N1CCC2C(CC3C(=O)O[C@H](C)C3C2/C=C/c2ccc(-c3cccc(C(F)(F)F)c3)cn2)C1. The van der Waals surface area contributed by atoms with Gasteiger partial charge in [0.05, 0.1) is 17.2 Å². The topological polar surface area (TPSA) is 59.5 Å². The average Bonchev–Trinajstić information content (AvgIpc) is 3.18. The summed E-state index contributed by atoms with van der Waals surface area (Å²) in [6, 6.07) is 8.79. The fourth-order valence-corrected chi connectivity index (χ4v) is 6.57. The molecule has 5 rings (SSSR count). The molecule has 37 heavy (non-hydrogen) atoms. The molecule has 0 spiro atoms. The summed E-state index contributed by atoms with van der Waals surface area (Å²) in [7, 11) is 0. The predicted molar refractivity (Wildman–Crippen MR) is 133 cm³/mol. The molecule has 1 aromatic carbocycles. The Labute approximate surface area is 214 Å². The third kappa shape index (κ3) is 5.03. The first-order valence-corrected chi connectivity index (χ1v) is 13.0. The summed E-state index contributed by atoms with van der Waals surface area (Å²) < 4.78 is 44.9. The van der Waals surface area contributed by atoms with Gasteiger partial charge in [-0.05, 0) is 67.4 Å². The van der Waals surface area contributed by atoms with Crippen LogP contribution in [-0.4, -0.2) is 41.0 Å². The zero-order valence-corrected chi connectivity index (χ0v) is 20.9. The number of cyclic esters (lactones) is 1. The molecule has 2 aromatic rings. The van der Waals surface area contributed by atoms with Gasteiger partial charge in [0, 0.05) is 37.2 Å². The summed E-state index contributed by atoms with van der Waals surface area (Å²) >= 11 is 0. The van der Waals surface area contributed by atoms with Crippen LogP contribution < -0.4 is 0 Å². The fourth-order valence-electron chi connectivity index (χ4n) is 6.57. The molecule has 3 aliphatic rings. The number of allylic oxidation sites excluding steroid dienone is 1. The molecule has 3 fully saturated rings. The highest BCUT2D eigenvalue weighted by molar-refractivity contribution is 5.77. The molecule has 5 nitrogen and oxygen atoms in total. The summed E-state index contributed by atoms with van der Waals surface area (Å²) in [6.45, 7) is 5.24. The van der Waals surface area contributed by atoms with Crippen molar-refractivity contribution in [3.8, 4) is 11.1 Å². The van der Waals surface area contributed by atoms with Gasteiger partial charge in [-0.25, -0.2) is 0 Å². The van der Waals surface area contributed by atoms with Crippen LogP contribution in [-0.2, 0) is 20.5 Å². The number of amides is 1. The number of rotatable bonds is 4. The number of aromatic nitrogens is 1. The normalized spacial score (nSPS) is 29.6.